The first-order valence-corrected chi connectivity index (χ1v) is 5.55. The molecule has 14 heavy (non-hydrogen) atoms. The predicted octanol–water partition coefficient (Wildman–Crippen LogP) is 2.76. The summed E-state index contributed by atoms with van der Waals surface area (Å²) in [4.78, 5) is 0. The number of hydrogen-bond acceptors (Lipinski definition) is 2. The van der Waals surface area contributed by atoms with Crippen LogP contribution in [0, 0.1) is 5.92 Å². The van der Waals surface area contributed by atoms with Crippen LogP contribution in [0.2, 0.25) is 0 Å². The predicted molar refractivity (Wildman–Crippen MR) is 55.0 cm³/mol. The van der Waals surface area contributed by atoms with Crippen LogP contribution in [0.4, 0.5) is 0 Å². The first kappa shape index (κ1) is 9.78. The molecule has 2 rings (SSSR count). The minimum atomic E-state index is -0.104. The fourth-order valence-corrected chi connectivity index (χ4v) is 2.33. The van der Waals surface area contributed by atoms with Crippen LogP contribution in [-0.2, 0) is 6.42 Å². The van der Waals surface area contributed by atoms with Crippen molar-refractivity contribution in [1.82, 2.24) is 0 Å². The number of aryl methyl sites for hydroxylation is 1. The van der Waals surface area contributed by atoms with Crippen molar-refractivity contribution in [1.29, 1.82) is 0 Å². The van der Waals surface area contributed by atoms with E-state index in [-0.39, 0.29) is 6.10 Å². The second kappa shape index (κ2) is 4.65. The quantitative estimate of drug-likeness (QED) is 0.799. The Labute approximate surface area is 84.9 Å². The van der Waals surface area contributed by atoms with Gasteiger partial charge in [0.05, 0.1) is 18.6 Å². The Morgan fingerprint density at radius 1 is 1.43 bits per heavy atom. The van der Waals surface area contributed by atoms with Gasteiger partial charge in [0.2, 0.25) is 0 Å². The standard InChI is InChI=1S/C12H18O2/c13-12(11-3-1-2-4-11)6-5-10-7-8-14-9-10/h7-9,11-13H,1-6H2. The average Bonchev–Trinajstić information content (AvgIpc) is 2.87. The topological polar surface area (TPSA) is 33.4 Å². The smallest absolute Gasteiger partial charge is 0.0934 e. The molecule has 1 heterocycles. The van der Waals surface area contributed by atoms with Crippen molar-refractivity contribution in [2.45, 2.75) is 44.6 Å². The maximum atomic E-state index is 9.92. The molecular formula is C12H18O2. The molecule has 0 bridgehead atoms. The highest BCUT2D eigenvalue weighted by atomic mass is 16.3. The molecule has 0 radical (unpaired) electrons. The van der Waals surface area contributed by atoms with Crippen molar-refractivity contribution in [3.05, 3.63) is 24.2 Å². The Kier molecular flexibility index (Phi) is 3.25. The van der Waals surface area contributed by atoms with Crippen molar-refractivity contribution < 1.29 is 9.52 Å². The summed E-state index contributed by atoms with van der Waals surface area (Å²) >= 11 is 0. The summed E-state index contributed by atoms with van der Waals surface area (Å²) in [5, 5.41) is 9.92. The van der Waals surface area contributed by atoms with Crippen molar-refractivity contribution >= 4 is 0 Å². The molecule has 0 aromatic carbocycles. The summed E-state index contributed by atoms with van der Waals surface area (Å²) in [6.45, 7) is 0. The Hall–Kier alpha value is -0.760. The van der Waals surface area contributed by atoms with E-state index in [0.717, 1.165) is 12.8 Å². The van der Waals surface area contributed by atoms with E-state index in [1.807, 2.05) is 6.07 Å². The molecule has 1 aliphatic carbocycles. The lowest BCUT2D eigenvalue weighted by Crippen LogP contribution is -2.18. The molecule has 0 saturated heterocycles. The summed E-state index contributed by atoms with van der Waals surface area (Å²) in [7, 11) is 0. The van der Waals surface area contributed by atoms with Crippen LogP contribution in [0.15, 0.2) is 23.0 Å². The monoisotopic (exact) mass is 194 g/mol. The van der Waals surface area contributed by atoms with Gasteiger partial charge >= 0.3 is 0 Å². The molecule has 1 N–H and O–H groups in total. The Balaban J connectivity index is 1.74. The molecule has 2 nitrogen and oxygen atoms in total. The van der Waals surface area contributed by atoms with Gasteiger partial charge in [0, 0.05) is 0 Å². The Morgan fingerprint density at radius 2 is 2.21 bits per heavy atom. The third-order valence-corrected chi connectivity index (χ3v) is 3.25. The third-order valence-electron chi connectivity index (χ3n) is 3.25. The molecule has 1 fully saturated rings. The van der Waals surface area contributed by atoms with Crippen LogP contribution in [-0.4, -0.2) is 11.2 Å². The van der Waals surface area contributed by atoms with E-state index in [2.05, 4.69) is 0 Å². The van der Waals surface area contributed by atoms with E-state index in [4.69, 9.17) is 4.42 Å². The van der Waals surface area contributed by atoms with Gasteiger partial charge in [0.1, 0.15) is 0 Å². The summed E-state index contributed by atoms with van der Waals surface area (Å²) in [6, 6.07) is 1.97. The fraction of sp³-hybridized carbons (Fsp3) is 0.667. The fourth-order valence-electron chi connectivity index (χ4n) is 2.33. The van der Waals surface area contributed by atoms with Crippen LogP contribution in [0.3, 0.4) is 0 Å². The van der Waals surface area contributed by atoms with Crippen LogP contribution in [0.1, 0.15) is 37.7 Å². The maximum absolute atomic E-state index is 9.92. The molecule has 0 spiro atoms. The van der Waals surface area contributed by atoms with Gasteiger partial charge in [-0.15, -0.1) is 0 Å². The summed E-state index contributed by atoms with van der Waals surface area (Å²) < 4.78 is 4.99. The van der Waals surface area contributed by atoms with Crippen molar-refractivity contribution in [3.8, 4) is 0 Å². The highest BCUT2D eigenvalue weighted by Crippen LogP contribution is 2.29. The normalized spacial score (nSPS) is 20.1. The second-order valence-electron chi connectivity index (χ2n) is 4.28. The van der Waals surface area contributed by atoms with Gasteiger partial charge in [0.25, 0.3) is 0 Å². The first-order valence-electron chi connectivity index (χ1n) is 5.55. The van der Waals surface area contributed by atoms with E-state index < -0.39 is 0 Å². The van der Waals surface area contributed by atoms with Crippen LogP contribution in [0.25, 0.3) is 0 Å². The van der Waals surface area contributed by atoms with Gasteiger partial charge in [-0.2, -0.15) is 0 Å². The lowest BCUT2D eigenvalue weighted by molar-refractivity contribution is 0.102. The molecule has 1 atom stereocenters. The minimum absolute atomic E-state index is 0.104. The van der Waals surface area contributed by atoms with Crippen LogP contribution < -0.4 is 0 Å². The Bertz CT molecular complexity index is 247. The van der Waals surface area contributed by atoms with E-state index in [1.54, 1.807) is 12.5 Å². The SMILES string of the molecule is OC(CCc1ccoc1)C1CCCC1. The van der Waals surface area contributed by atoms with Crippen LogP contribution >= 0.6 is 0 Å². The number of aliphatic hydroxyl groups excluding tert-OH is 1. The molecule has 1 aromatic rings. The molecule has 2 heteroatoms. The van der Waals surface area contributed by atoms with Gasteiger partial charge in [-0.1, -0.05) is 12.8 Å². The zero-order chi connectivity index (χ0) is 9.80. The maximum Gasteiger partial charge on any atom is 0.0934 e. The highest BCUT2D eigenvalue weighted by Gasteiger charge is 2.22. The van der Waals surface area contributed by atoms with Crippen molar-refractivity contribution in [2.24, 2.45) is 5.92 Å². The molecule has 0 amide bonds. The van der Waals surface area contributed by atoms with E-state index in [9.17, 15) is 5.11 Å². The zero-order valence-electron chi connectivity index (χ0n) is 8.48. The van der Waals surface area contributed by atoms with Crippen molar-refractivity contribution in [2.75, 3.05) is 0 Å². The lowest BCUT2D eigenvalue weighted by atomic mass is 9.96. The van der Waals surface area contributed by atoms with Gasteiger partial charge in [0.15, 0.2) is 0 Å². The lowest BCUT2D eigenvalue weighted by Gasteiger charge is -2.16. The number of furan rings is 1. The molecule has 1 aliphatic rings. The van der Waals surface area contributed by atoms with Gasteiger partial charge < -0.3 is 9.52 Å². The average molecular weight is 194 g/mol. The van der Waals surface area contributed by atoms with E-state index in [1.165, 1.54) is 31.2 Å². The second-order valence-corrected chi connectivity index (χ2v) is 4.28. The molecule has 1 saturated carbocycles. The van der Waals surface area contributed by atoms with Gasteiger partial charge in [-0.3, -0.25) is 0 Å². The molecule has 0 aliphatic heterocycles. The highest BCUT2D eigenvalue weighted by molar-refractivity contribution is 5.05. The summed E-state index contributed by atoms with van der Waals surface area (Å²) in [5.74, 6) is 0.557. The van der Waals surface area contributed by atoms with E-state index in [0.29, 0.717) is 5.92 Å². The zero-order valence-corrected chi connectivity index (χ0v) is 8.48. The van der Waals surface area contributed by atoms with Gasteiger partial charge in [-0.25, -0.2) is 0 Å². The van der Waals surface area contributed by atoms with Crippen molar-refractivity contribution in [3.63, 3.8) is 0 Å². The number of aliphatic hydroxyl groups is 1. The summed E-state index contributed by atoms with van der Waals surface area (Å²) in [6.07, 6.45) is 10.2. The largest absolute Gasteiger partial charge is 0.472 e. The molecule has 1 aromatic heterocycles. The van der Waals surface area contributed by atoms with Crippen LogP contribution in [0.5, 0.6) is 0 Å². The third kappa shape index (κ3) is 2.38. The van der Waals surface area contributed by atoms with Gasteiger partial charge in [-0.05, 0) is 43.2 Å². The van der Waals surface area contributed by atoms with E-state index >= 15 is 0 Å². The number of rotatable bonds is 4. The molecule has 1 unspecified atom stereocenters. The summed E-state index contributed by atoms with van der Waals surface area (Å²) in [5.41, 5.74) is 1.20. The molecule has 78 valence electrons. The minimum Gasteiger partial charge on any atom is -0.472 e. The number of hydrogen-bond donors (Lipinski definition) is 1. The Morgan fingerprint density at radius 3 is 2.86 bits per heavy atom. The first-order chi connectivity index (χ1) is 6.86. The molecular weight excluding hydrogens is 176 g/mol.